The number of carbonyl (C=O) groups excluding carboxylic acids is 1. The van der Waals surface area contributed by atoms with E-state index in [9.17, 15) is 10.1 Å². The molecule has 1 aliphatic carbocycles. The highest BCUT2D eigenvalue weighted by molar-refractivity contribution is 5.97. The first-order chi connectivity index (χ1) is 12.5. The fourth-order valence-electron chi connectivity index (χ4n) is 3.26. The van der Waals surface area contributed by atoms with Gasteiger partial charge in [-0.3, -0.25) is 4.79 Å². The summed E-state index contributed by atoms with van der Waals surface area (Å²) in [5, 5.41) is 15.5. The van der Waals surface area contributed by atoms with Crippen LogP contribution < -0.4 is 15.4 Å². The van der Waals surface area contributed by atoms with E-state index in [0.717, 1.165) is 29.7 Å². The molecule has 5 heteroatoms. The Morgan fingerprint density at radius 2 is 2.12 bits per heavy atom. The Balaban J connectivity index is 2.04. The Hall–Kier alpha value is -2.48. The second-order valence-corrected chi connectivity index (χ2v) is 6.84. The minimum absolute atomic E-state index is 0.105. The molecular formula is C21H29N3O2. The Labute approximate surface area is 156 Å². The van der Waals surface area contributed by atoms with Crippen molar-refractivity contribution in [2.24, 2.45) is 0 Å². The van der Waals surface area contributed by atoms with Crippen molar-refractivity contribution < 1.29 is 9.53 Å². The van der Waals surface area contributed by atoms with Crippen molar-refractivity contribution in [3.63, 3.8) is 0 Å². The van der Waals surface area contributed by atoms with Crippen molar-refractivity contribution >= 4 is 5.91 Å². The van der Waals surface area contributed by atoms with Gasteiger partial charge in [-0.1, -0.05) is 37.0 Å². The second kappa shape index (κ2) is 9.86. The zero-order valence-corrected chi connectivity index (χ0v) is 16.0. The summed E-state index contributed by atoms with van der Waals surface area (Å²) in [7, 11) is 0. The smallest absolute Gasteiger partial charge is 0.263 e. The number of hydrogen-bond donors (Lipinski definition) is 2. The highest BCUT2D eigenvalue weighted by Gasteiger charge is 2.18. The summed E-state index contributed by atoms with van der Waals surface area (Å²) in [6.07, 6.45) is 7.41. The van der Waals surface area contributed by atoms with Gasteiger partial charge in [0.25, 0.3) is 5.91 Å². The van der Waals surface area contributed by atoms with Crippen LogP contribution in [0, 0.1) is 18.3 Å². The molecule has 140 valence electrons. The third-order valence-electron chi connectivity index (χ3n) is 4.71. The lowest BCUT2D eigenvalue weighted by Gasteiger charge is -2.22. The van der Waals surface area contributed by atoms with Crippen molar-refractivity contribution in [1.29, 1.82) is 5.26 Å². The van der Waals surface area contributed by atoms with Gasteiger partial charge in [0, 0.05) is 17.8 Å². The normalized spacial score (nSPS) is 16.5. The molecule has 1 aliphatic rings. The number of hydrogen-bond acceptors (Lipinski definition) is 4. The van der Waals surface area contributed by atoms with E-state index in [-0.39, 0.29) is 17.5 Å². The SMILES string of the molecule is CCOc1ccc(C)cc1C(C)NC(=O)/C(C#N)=C\NC1CCCCC1. The van der Waals surface area contributed by atoms with Crippen LogP contribution in [0.15, 0.2) is 30.0 Å². The largest absolute Gasteiger partial charge is 0.494 e. The molecular weight excluding hydrogens is 326 g/mol. The van der Waals surface area contributed by atoms with Gasteiger partial charge in [-0.15, -0.1) is 0 Å². The minimum Gasteiger partial charge on any atom is -0.494 e. The lowest BCUT2D eigenvalue weighted by Crippen LogP contribution is -2.31. The van der Waals surface area contributed by atoms with Crippen LogP contribution in [-0.2, 0) is 4.79 Å². The molecule has 0 spiro atoms. The number of benzene rings is 1. The van der Waals surface area contributed by atoms with Gasteiger partial charge in [0.1, 0.15) is 17.4 Å². The fourth-order valence-corrected chi connectivity index (χ4v) is 3.26. The lowest BCUT2D eigenvalue weighted by atomic mass is 9.96. The third kappa shape index (κ3) is 5.52. The summed E-state index contributed by atoms with van der Waals surface area (Å²) in [5.74, 6) is 0.390. The van der Waals surface area contributed by atoms with Crippen molar-refractivity contribution in [3.8, 4) is 11.8 Å². The van der Waals surface area contributed by atoms with E-state index in [0.29, 0.717) is 12.6 Å². The lowest BCUT2D eigenvalue weighted by molar-refractivity contribution is -0.117. The Morgan fingerprint density at radius 1 is 1.38 bits per heavy atom. The quantitative estimate of drug-likeness (QED) is 0.575. The number of rotatable bonds is 7. The zero-order valence-electron chi connectivity index (χ0n) is 16.0. The van der Waals surface area contributed by atoms with Crippen LogP contribution in [0.2, 0.25) is 0 Å². The molecule has 1 aromatic carbocycles. The highest BCUT2D eigenvalue weighted by atomic mass is 16.5. The van der Waals surface area contributed by atoms with E-state index in [2.05, 4.69) is 10.6 Å². The number of nitrogens with zero attached hydrogens (tertiary/aromatic N) is 1. The van der Waals surface area contributed by atoms with E-state index in [1.54, 1.807) is 6.20 Å². The molecule has 1 aromatic rings. The van der Waals surface area contributed by atoms with E-state index in [4.69, 9.17) is 4.74 Å². The maximum absolute atomic E-state index is 12.5. The summed E-state index contributed by atoms with van der Waals surface area (Å²) in [4.78, 5) is 12.5. The summed E-state index contributed by atoms with van der Waals surface area (Å²) < 4.78 is 5.67. The number of aryl methyl sites for hydroxylation is 1. The number of nitrogens with one attached hydrogen (secondary N) is 2. The molecule has 0 saturated heterocycles. The van der Waals surface area contributed by atoms with E-state index >= 15 is 0 Å². The predicted octanol–water partition coefficient (Wildman–Crippen LogP) is 3.90. The number of ether oxygens (including phenoxy) is 1. The van der Waals surface area contributed by atoms with Gasteiger partial charge in [-0.05, 0) is 39.7 Å². The number of nitriles is 1. The van der Waals surface area contributed by atoms with Gasteiger partial charge < -0.3 is 15.4 Å². The van der Waals surface area contributed by atoms with Crippen LogP contribution >= 0.6 is 0 Å². The molecule has 0 bridgehead atoms. The second-order valence-electron chi connectivity index (χ2n) is 6.84. The standard InChI is InChI=1S/C21H29N3O2/c1-4-26-20-11-10-15(2)12-19(20)16(3)24-21(25)17(13-22)14-23-18-8-6-5-7-9-18/h10-12,14,16,18,23H,4-9H2,1-3H3,(H,24,25)/b17-14-. The number of carbonyl (C=O) groups is 1. The van der Waals surface area contributed by atoms with Crippen LogP contribution in [0.25, 0.3) is 0 Å². The Morgan fingerprint density at radius 3 is 2.77 bits per heavy atom. The maximum Gasteiger partial charge on any atom is 0.263 e. The van der Waals surface area contributed by atoms with E-state index in [1.807, 2.05) is 45.0 Å². The van der Waals surface area contributed by atoms with Crippen molar-refractivity contribution in [2.75, 3.05) is 6.61 Å². The highest BCUT2D eigenvalue weighted by Crippen LogP contribution is 2.26. The molecule has 0 aromatic heterocycles. The fraction of sp³-hybridized carbons (Fsp3) is 0.524. The van der Waals surface area contributed by atoms with Gasteiger partial charge in [-0.2, -0.15) is 5.26 Å². The monoisotopic (exact) mass is 355 g/mol. The molecule has 2 N–H and O–H groups in total. The van der Waals surface area contributed by atoms with Gasteiger partial charge >= 0.3 is 0 Å². The molecule has 26 heavy (non-hydrogen) atoms. The van der Waals surface area contributed by atoms with Gasteiger partial charge in [-0.25, -0.2) is 0 Å². The van der Waals surface area contributed by atoms with Crippen LogP contribution in [-0.4, -0.2) is 18.6 Å². The molecule has 1 saturated carbocycles. The summed E-state index contributed by atoms with van der Waals surface area (Å²) in [5.41, 5.74) is 2.12. The average Bonchev–Trinajstić information content (AvgIpc) is 2.64. The first-order valence-electron chi connectivity index (χ1n) is 9.45. The third-order valence-corrected chi connectivity index (χ3v) is 4.71. The summed E-state index contributed by atoms with van der Waals surface area (Å²) >= 11 is 0. The zero-order chi connectivity index (χ0) is 18.9. The molecule has 0 heterocycles. The average molecular weight is 355 g/mol. The van der Waals surface area contributed by atoms with E-state index < -0.39 is 0 Å². The van der Waals surface area contributed by atoms with E-state index in [1.165, 1.54) is 19.3 Å². The first-order valence-corrected chi connectivity index (χ1v) is 9.45. The maximum atomic E-state index is 12.5. The van der Waals surface area contributed by atoms with Crippen molar-refractivity contribution in [3.05, 3.63) is 41.1 Å². The molecule has 0 aliphatic heterocycles. The van der Waals surface area contributed by atoms with Gasteiger partial charge in [0.2, 0.25) is 0 Å². The molecule has 2 rings (SSSR count). The van der Waals surface area contributed by atoms with Crippen LogP contribution in [0.5, 0.6) is 5.75 Å². The Bertz CT molecular complexity index is 685. The molecule has 1 unspecified atom stereocenters. The molecule has 5 nitrogen and oxygen atoms in total. The number of amides is 1. The first kappa shape index (κ1) is 19.8. The minimum atomic E-state index is -0.368. The summed E-state index contributed by atoms with van der Waals surface area (Å²) in [6.45, 7) is 6.40. The molecule has 1 amide bonds. The predicted molar refractivity (Wildman–Crippen MR) is 103 cm³/mol. The summed E-state index contributed by atoms with van der Waals surface area (Å²) in [6, 6.07) is 8.02. The van der Waals surface area contributed by atoms with Crippen molar-refractivity contribution in [2.45, 2.75) is 65.0 Å². The van der Waals surface area contributed by atoms with Gasteiger partial charge in [0.15, 0.2) is 0 Å². The molecule has 1 fully saturated rings. The van der Waals surface area contributed by atoms with Crippen LogP contribution in [0.4, 0.5) is 0 Å². The molecule has 0 radical (unpaired) electrons. The van der Waals surface area contributed by atoms with Crippen LogP contribution in [0.3, 0.4) is 0 Å². The molecule has 1 atom stereocenters. The topological polar surface area (TPSA) is 74.1 Å². The Kier molecular flexibility index (Phi) is 7.53. The van der Waals surface area contributed by atoms with Crippen LogP contribution in [0.1, 0.15) is 63.1 Å². The van der Waals surface area contributed by atoms with Crippen molar-refractivity contribution in [1.82, 2.24) is 10.6 Å². The van der Waals surface area contributed by atoms with Gasteiger partial charge in [0.05, 0.1) is 12.6 Å².